The van der Waals surface area contributed by atoms with Gasteiger partial charge in [0, 0.05) is 17.9 Å². The Labute approximate surface area is 149 Å². The van der Waals surface area contributed by atoms with Gasteiger partial charge in [0.1, 0.15) is 11.6 Å². The summed E-state index contributed by atoms with van der Waals surface area (Å²) < 4.78 is 38.1. The second kappa shape index (κ2) is 8.21. The maximum Gasteiger partial charge on any atom is 0.416 e. The molecule has 0 aliphatic rings. The van der Waals surface area contributed by atoms with Crippen molar-refractivity contribution in [2.75, 3.05) is 5.32 Å². The van der Waals surface area contributed by atoms with E-state index in [2.05, 4.69) is 10.6 Å². The monoisotopic (exact) mass is 359 g/mol. The van der Waals surface area contributed by atoms with Gasteiger partial charge in [-0.2, -0.15) is 18.4 Å². The molecule has 0 saturated heterocycles. The molecule has 0 aromatic heterocycles. The number of alkyl halides is 3. The molecule has 1 atom stereocenters. The Bertz CT molecular complexity index is 839. The minimum atomic E-state index is -4.51. The van der Waals surface area contributed by atoms with E-state index in [1.807, 2.05) is 37.3 Å². The third-order valence-corrected chi connectivity index (χ3v) is 3.59. The van der Waals surface area contributed by atoms with Crippen molar-refractivity contribution >= 4 is 11.6 Å². The second-order valence-electron chi connectivity index (χ2n) is 5.50. The first-order chi connectivity index (χ1) is 12.3. The predicted octanol–water partition coefficient (Wildman–Crippen LogP) is 4.40. The van der Waals surface area contributed by atoms with Gasteiger partial charge in [-0.15, -0.1) is 0 Å². The summed E-state index contributed by atoms with van der Waals surface area (Å²) in [6.07, 6.45) is -3.26. The zero-order valence-corrected chi connectivity index (χ0v) is 13.8. The molecule has 2 N–H and O–H groups in total. The van der Waals surface area contributed by atoms with E-state index < -0.39 is 17.6 Å². The maximum absolute atomic E-state index is 12.7. The molecule has 1 amide bonds. The van der Waals surface area contributed by atoms with Gasteiger partial charge >= 0.3 is 6.18 Å². The van der Waals surface area contributed by atoms with Crippen molar-refractivity contribution in [2.45, 2.75) is 19.1 Å². The van der Waals surface area contributed by atoms with Crippen molar-refractivity contribution in [1.82, 2.24) is 5.32 Å². The minimum absolute atomic E-state index is 0.0397. The van der Waals surface area contributed by atoms with Crippen LogP contribution in [0.1, 0.15) is 24.1 Å². The van der Waals surface area contributed by atoms with Gasteiger partial charge in [0.05, 0.1) is 5.56 Å². The van der Waals surface area contributed by atoms with E-state index in [0.717, 1.165) is 17.7 Å². The highest BCUT2D eigenvalue weighted by Gasteiger charge is 2.30. The summed E-state index contributed by atoms with van der Waals surface area (Å²) in [4.78, 5) is 12.1. The van der Waals surface area contributed by atoms with E-state index in [-0.39, 0.29) is 17.3 Å². The fourth-order valence-electron chi connectivity index (χ4n) is 2.17. The van der Waals surface area contributed by atoms with Crippen LogP contribution in [-0.2, 0) is 11.0 Å². The lowest BCUT2D eigenvalue weighted by Gasteiger charge is -2.13. The highest BCUT2D eigenvalue weighted by atomic mass is 19.4. The highest BCUT2D eigenvalue weighted by molar-refractivity contribution is 6.06. The summed E-state index contributed by atoms with van der Waals surface area (Å²) in [6, 6.07) is 15.2. The molecule has 134 valence electrons. The van der Waals surface area contributed by atoms with Crippen LogP contribution in [0.15, 0.2) is 66.4 Å². The molecular weight excluding hydrogens is 343 g/mol. The molecule has 2 rings (SSSR count). The summed E-state index contributed by atoms with van der Waals surface area (Å²) in [7, 11) is 0. The van der Waals surface area contributed by atoms with Gasteiger partial charge < -0.3 is 10.6 Å². The molecule has 0 aliphatic carbocycles. The molecule has 0 bridgehead atoms. The number of anilines is 1. The number of benzene rings is 2. The standard InChI is InChI=1S/C19H16F3N3O/c1-13(14-6-3-2-4-7-14)24-12-15(11-23)18(26)25-17-9-5-8-16(10-17)19(20,21)22/h2-10,12-13,24H,1H3,(H,25,26)/b15-12-. The van der Waals surface area contributed by atoms with Crippen LogP contribution < -0.4 is 10.6 Å². The maximum atomic E-state index is 12.7. The lowest BCUT2D eigenvalue weighted by Crippen LogP contribution is -2.18. The van der Waals surface area contributed by atoms with Crippen LogP contribution in [0.5, 0.6) is 0 Å². The first kappa shape index (κ1) is 19.1. The Hall–Kier alpha value is -3.27. The molecule has 2 aromatic rings. The van der Waals surface area contributed by atoms with Gasteiger partial charge in [0.25, 0.3) is 5.91 Å². The summed E-state index contributed by atoms with van der Waals surface area (Å²) in [5.41, 5.74) is -0.208. The van der Waals surface area contributed by atoms with Gasteiger partial charge in [0.15, 0.2) is 0 Å². The Morgan fingerprint density at radius 2 is 1.85 bits per heavy atom. The zero-order valence-electron chi connectivity index (χ0n) is 13.8. The average Bonchev–Trinajstić information content (AvgIpc) is 2.62. The number of hydrogen-bond acceptors (Lipinski definition) is 3. The molecule has 7 heteroatoms. The normalized spacial score (nSPS) is 12.8. The molecule has 0 fully saturated rings. The average molecular weight is 359 g/mol. The molecule has 0 heterocycles. The van der Waals surface area contributed by atoms with Gasteiger partial charge in [0.2, 0.25) is 0 Å². The van der Waals surface area contributed by atoms with Gasteiger partial charge in [-0.25, -0.2) is 0 Å². The number of carbonyl (C=O) groups is 1. The van der Waals surface area contributed by atoms with E-state index in [4.69, 9.17) is 5.26 Å². The number of halogens is 3. The fourth-order valence-corrected chi connectivity index (χ4v) is 2.17. The van der Waals surface area contributed by atoms with E-state index in [1.54, 1.807) is 6.07 Å². The first-order valence-electron chi connectivity index (χ1n) is 7.71. The molecule has 0 spiro atoms. The first-order valence-corrected chi connectivity index (χ1v) is 7.71. The van der Waals surface area contributed by atoms with Crippen LogP contribution in [0.25, 0.3) is 0 Å². The number of nitriles is 1. The highest BCUT2D eigenvalue weighted by Crippen LogP contribution is 2.30. The van der Waals surface area contributed by atoms with Gasteiger partial charge in [-0.05, 0) is 30.7 Å². The van der Waals surface area contributed by atoms with E-state index in [9.17, 15) is 18.0 Å². The molecule has 0 radical (unpaired) electrons. The minimum Gasteiger partial charge on any atom is -0.383 e. The third kappa shape index (κ3) is 5.11. The summed E-state index contributed by atoms with van der Waals surface area (Å²) in [6.45, 7) is 1.85. The predicted molar refractivity (Wildman–Crippen MR) is 91.8 cm³/mol. The van der Waals surface area contributed by atoms with Crippen LogP contribution in [-0.4, -0.2) is 5.91 Å². The molecule has 4 nitrogen and oxygen atoms in total. The van der Waals surface area contributed by atoms with E-state index in [0.29, 0.717) is 0 Å². The SMILES string of the molecule is CC(N/C=C(/C#N)C(=O)Nc1cccc(C(F)(F)F)c1)c1ccccc1. The Balaban J connectivity index is 2.08. The molecule has 1 unspecified atom stereocenters. The third-order valence-electron chi connectivity index (χ3n) is 3.59. The number of rotatable bonds is 5. The van der Waals surface area contributed by atoms with Crippen LogP contribution in [0, 0.1) is 11.3 Å². The fraction of sp³-hybridized carbons (Fsp3) is 0.158. The van der Waals surface area contributed by atoms with Crippen LogP contribution >= 0.6 is 0 Å². The zero-order chi connectivity index (χ0) is 19.2. The second-order valence-corrected chi connectivity index (χ2v) is 5.50. The Kier molecular flexibility index (Phi) is 6.02. The van der Waals surface area contributed by atoms with Crippen molar-refractivity contribution < 1.29 is 18.0 Å². The van der Waals surface area contributed by atoms with Crippen molar-refractivity contribution in [3.8, 4) is 6.07 Å². The quantitative estimate of drug-likeness (QED) is 0.614. The molecule has 0 saturated carbocycles. The van der Waals surface area contributed by atoms with E-state index >= 15 is 0 Å². The van der Waals surface area contributed by atoms with Crippen LogP contribution in [0.3, 0.4) is 0 Å². The van der Waals surface area contributed by atoms with Crippen LogP contribution in [0.4, 0.5) is 18.9 Å². The van der Waals surface area contributed by atoms with Gasteiger partial charge in [-0.1, -0.05) is 36.4 Å². The molecule has 26 heavy (non-hydrogen) atoms. The van der Waals surface area contributed by atoms with Crippen molar-refractivity contribution in [3.05, 3.63) is 77.5 Å². The van der Waals surface area contributed by atoms with Crippen molar-refractivity contribution in [2.24, 2.45) is 0 Å². The number of amides is 1. The summed E-state index contributed by atoms with van der Waals surface area (Å²) >= 11 is 0. The van der Waals surface area contributed by atoms with E-state index in [1.165, 1.54) is 18.3 Å². The smallest absolute Gasteiger partial charge is 0.383 e. The molecular formula is C19H16F3N3O. The number of nitrogens with one attached hydrogen (secondary N) is 2. The van der Waals surface area contributed by atoms with Gasteiger partial charge in [-0.3, -0.25) is 4.79 Å². The van der Waals surface area contributed by atoms with Crippen molar-refractivity contribution in [3.63, 3.8) is 0 Å². The molecule has 2 aromatic carbocycles. The molecule has 0 aliphatic heterocycles. The van der Waals surface area contributed by atoms with Crippen molar-refractivity contribution in [1.29, 1.82) is 5.26 Å². The number of carbonyl (C=O) groups excluding carboxylic acids is 1. The van der Waals surface area contributed by atoms with Crippen LogP contribution in [0.2, 0.25) is 0 Å². The largest absolute Gasteiger partial charge is 0.416 e. The number of hydrogen-bond donors (Lipinski definition) is 2. The summed E-state index contributed by atoms with van der Waals surface area (Å²) in [5, 5.41) is 14.4. The lowest BCUT2D eigenvalue weighted by molar-refractivity contribution is -0.137. The lowest BCUT2D eigenvalue weighted by atomic mass is 10.1. The Morgan fingerprint density at radius 3 is 2.46 bits per heavy atom. The summed E-state index contributed by atoms with van der Waals surface area (Å²) in [5.74, 6) is -0.792. The number of nitrogens with zero attached hydrogens (tertiary/aromatic N) is 1. The Morgan fingerprint density at radius 1 is 1.15 bits per heavy atom. The topological polar surface area (TPSA) is 64.9 Å².